The second kappa shape index (κ2) is 7.34. The van der Waals surface area contributed by atoms with E-state index in [-0.39, 0.29) is 16.5 Å². The zero-order valence-corrected chi connectivity index (χ0v) is 16.6. The lowest BCUT2D eigenvalue weighted by molar-refractivity contribution is -0.137. The second-order valence-electron chi connectivity index (χ2n) is 6.98. The highest BCUT2D eigenvalue weighted by atomic mass is 35.5. The number of halogens is 4. The van der Waals surface area contributed by atoms with Gasteiger partial charge in [0.1, 0.15) is 5.54 Å². The zero-order valence-electron chi connectivity index (χ0n) is 15.9. The molecule has 0 radical (unpaired) electrons. The molecule has 3 amide bonds. The van der Waals surface area contributed by atoms with Gasteiger partial charge >= 0.3 is 12.2 Å². The van der Waals surface area contributed by atoms with Crippen LogP contribution in [-0.2, 0) is 23.1 Å². The molecule has 2 heterocycles. The van der Waals surface area contributed by atoms with Crippen molar-refractivity contribution < 1.29 is 22.8 Å². The number of urea groups is 1. The van der Waals surface area contributed by atoms with E-state index in [1.807, 2.05) is 0 Å². The van der Waals surface area contributed by atoms with Crippen molar-refractivity contribution in [1.29, 1.82) is 0 Å². The fraction of sp³-hybridized carbons (Fsp3) is 0.211. The standard InChI is InChI=1S/C19H14ClF3N6O2/c1-18(11-5-3-2-4-6-11)16(30)28(17(31)24-18)10-15-25-26-27-29(15)14-8-7-12(20)9-13(14)19(21,22)23/h2-9H,10H2,1H3,(H,24,31). The van der Waals surface area contributed by atoms with Gasteiger partial charge in [0.05, 0.1) is 17.8 Å². The highest BCUT2D eigenvalue weighted by molar-refractivity contribution is 6.30. The summed E-state index contributed by atoms with van der Waals surface area (Å²) >= 11 is 5.72. The number of aromatic nitrogens is 4. The average molecular weight is 451 g/mol. The van der Waals surface area contributed by atoms with Crippen LogP contribution in [0.2, 0.25) is 5.02 Å². The minimum Gasteiger partial charge on any atom is -0.319 e. The number of amides is 3. The van der Waals surface area contributed by atoms with Crippen LogP contribution >= 0.6 is 11.6 Å². The van der Waals surface area contributed by atoms with Gasteiger partial charge < -0.3 is 5.32 Å². The van der Waals surface area contributed by atoms with Gasteiger partial charge in [0.25, 0.3) is 5.91 Å². The van der Waals surface area contributed by atoms with Crippen LogP contribution < -0.4 is 5.32 Å². The third kappa shape index (κ3) is 3.61. The molecule has 160 valence electrons. The molecule has 8 nitrogen and oxygen atoms in total. The molecule has 0 saturated carbocycles. The first-order valence-electron chi connectivity index (χ1n) is 8.95. The number of carbonyl (C=O) groups is 2. The lowest BCUT2D eigenvalue weighted by Crippen LogP contribution is -2.40. The number of rotatable bonds is 4. The molecule has 0 aliphatic carbocycles. The summed E-state index contributed by atoms with van der Waals surface area (Å²) in [4.78, 5) is 26.4. The van der Waals surface area contributed by atoms with Gasteiger partial charge in [-0.05, 0) is 41.1 Å². The van der Waals surface area contributed by atoms with Crippen LogP contribution in [0.25, 0.3) is 5.69 Å². The number of nitrogens with zero attached hydrogens (tertiary/aromatic N) is 5. The number of hydrogen-bond donors (Lipinski definition) is 1. The first-order chi connectivity index (χ1) is 14.6. The summed E-state index contributed by atoms with van der Waals surface area (Å²) in [7, 11) is 0. The number of carbonyl (C=O) groups excluding carboxylic acids is 2. The summed E-state index contributed by atoms with van der Waals surface area (Å²) in [6.45, 7) is 1.12. The predicted octanol–water partition coefficient (Wildman–Crippen LogP) is 3.30. The summed E-state index contributed by atoms with van der Waals surface area (Å²) in [5.41, 5.74) is -2.20. The van der Waals surface area contributed by atoms with E-state index >= 15 is 0 Å². The highest BCUT2D eigenvalue weighted by Crippen LogP contribution is 2.36. The van der Waals surface area contributed by atoms with Gasteiger partial charge in [-0.15, -0.1) is 5.10 Å². The van der Waals surface area contributed by atoms with Crippen molar-refractivity contribution in [3.8, 4) is 5.69 Å². The maximum absolute atomic E-state index is 13.5. The Hall–Kier alpha value is -3.47. The third-order valence-corrected chi connectivity index (χ3v) is 5.19. The maximum Gasteiger partial charge on any atom is 0.418 e. The van der Waals surface area contributed by atoms with E-state index < -0.39 is 35.8 Å². The molecule has 1 aromatic heterocycles. The van der Waals surface area contributed by atoms with E-state index in [9.17, 15) is 22.8 Å². The topological polar surface area (TPSA) is 93.0 Å². The van der Waals surface area contributed by atoms with E-state index in [0.717, 1.165) is 21.7 Å². The molecule has 1 aliphatic heterocycles. The Balaban J connectivity index is 1.69. The Labute approximate surface area is 178 Å². The Morgan fingerprint density at radius 2 is 1.84 bits per heavy atom. The van der Waals surface area contributed by atoms with Crippen molar-refractivity contribution in [2.45, 2.75) is 25.2 Å². The fourth-order valence-corrected chi connectivity index (χ4v) is 3.53. The molecule has 0 spiro atoms. The van der Waals surface area contributed by atoms with Gasteiger partial charge in [-0.25, -0.2) is 4.79 Å². The SMILES string of the molecule is CC1(c2ccccc2)NC(=O)N(Cc2nnnn2-c2ccc(Cl)cc2C(F)(F)F)C1=O. The predicted molar refractivity (Wildman–Crippen MR) is 102 cm³/mol. The van der Waals surface area contributed by atoms with Gasteiger partial charge in [-0.2, -0.15) is 17.9 Å². The van der Waals surface area contributed by atoms with Crippen molar-refractivity contribution >= 4 is 23.5 Å². The quantitative estimate of drug-likeness (QED) is 0.616. The Morgan fingerprint density at radius 1 is 1.13 bits per heavy atom. The van der Waals surface area contributed by atoms with Crippen LogP contribution in [0.4, 0.5) is 18.0 Å². The lowest BCUT2D eigenvalue weighted by atomic mass is 9.92. The fourth-order valence-electron chi connectivity index (χ4n) is 3.36. The van der Waals surface area contributed by atoms with E-state index in [2.05, 4.69) is 20.8 Å². The van der Waals surface area contributed by atoms with Gasteiger partial charge in [0.15, 0.2) is 5.82 Å². The van der Waals surface area contributed by atoms with Crippen LogP contribution in [0.1, 0.15) is 23.9 Å². The first-order valence-corrected chi connectivity index (χ1v) is 9.33. The van der Waals surface area contributed by atoms with E-state index in [4.69, 9.17) is 11.6 Å². The summed E-state index contributed by atoms with van der Waals surface area (Å²) in [6, 6.07) is 11.0. The van der Waals surface area contributed by atoms with Crippen LogP contribution in [0, 0.1) is 0 Å². The van der Waals surface area contributed by atoms with Gasteiger partial charge in [0, 0.05) is 5.02 Å². The molecule has 1 atom stereocenters. The van der Waals surface area contributed by atoms with Gasteiger partial charge in [-0.3, -0.25) is 9.69 Å². The minimum absolute atomic E-state index is 0.113. The van der Waals surface area contributed by atoms with Crippen molar-refractivity contribution in [1.82, 2.24) is 30.4 Å². The van der Waals surface area contributed by atoms with Crippen molar-refractivity contribution in [2.24, 2.45) is 0 Å². The molecule has 1 fully saturated rings. The number of tetrazole rings is 1. The molecule has 2 aromatic carbocycles. The number of nitrogens with one attached hydrogen (secondary N) is 1. The molecule has 1 saturated heterocycles. The monoisotopic (exact) mass is 450 g/mol. The summed E-state index contributed by atoms with van der Waals surface area (Å²) in [5, 5.41) is 13.3. The molecule has 0 bridgehead atoms. The van der Waals surface area contributed by atoms with Crippen molar-refractivity contribution in [3.05, 3.63) is 70.5 Å². The number of imide groups is 1. The Bertz CT molecular complexity index is 1170. The maximum atomic E-state index is 13.5. The normalized spacial score (nSPS) is 19.1. The Morgan fingerprint density at radius 3 is 2.52 bits per heavy atom. The van der Waals surface area contributed by atoms with E-state index in [1.54, 1.807) is 37.3 Å². The molecule has 12 heteroatoms. The molecule has 1 unspecified atom stereocenters. The molecule has 31 heavy (non-hydrogen) atoms. The molecule has 1 aliphatic rings. The minimum atomic E-state index is -4.73. The molecule has 1 N–H and O–H groups in total. The van der Waals surface area contributed by atoms with Gasteiger partial charge in [0.2, 0.25) is 0 Å². The van der Waals surface area contributed by atoms with E-state index in [1.165, 1.54) is 6.07 Å². The summed E-state index contributed by atoms with van der Waals surface area (Å²) < 4.78 is 41.3. The molecular weight excluding hydrogens is 437 g/mol. The van der Waals surface area contributed by atoms with Crippen LogP contribution in [-0.4, -0.2) is 37.0 Å². The molecular formula is C19H14ClF3N6O2. The van der Waals surface area contributed by atoms with Crippen LogP contribution in [0.15, 0.2) is 48.5 Å². The number of alkyl halides is 3. The first kappa shape index (κ1) is 20.8. The average Bonchev–Trinajstić information content (AvgIpc) is 3.27. The molecule has 3 aromatic rings. The van der Waals surface area contributed by atoms with Gasteiger partial charge in [-0.1, -0.05) is 41.9 Å². The lowest BCUT2D eigenvalue weighted by Gasteiger charge is -2.22. The van der Waals surface area contributed by atoms with Crippen molar-refractivity contribution in [3.63, 3.8) is 0 Å². The van der Waals surface area contributed by atoms with Crippen LogP contribution in [0.5, 0.6) is 0 Å². The number of hydrogen-bond acceptors (Lipinski definition) is 5. The smallest absolute Gasteiger partial charge is 0.319 e. The summed E-state index contributed by atoms with van der Waals surface area (Å²) in [6.07, 6.45) is -4.73. The van der Waals surface area contributed by atoms with Crippen molar-refractivity contribution in [2.75, 3.05) is 0 Å². The van der Waals surface area contributed by atoms with Crippen LogP contribution in [0.3, 0.4) is 0 Å². The highest BCUT2D eigenvalue weighted by Gasteiger charge is 2.49. The third-order valence-electron chi connectivity index (χ3n) is 4.95. The Kier molecular flexibility index (Phi) is 4.92. The van der Waals surface area contributed by atoms with E-state index in [0.29, 0.717) is 5.56 Å². The zero-order chi connectivity index (χ0) is 22.4. The summed E-state index contributed by atoms with van der Waals surface area (Å²) in [5.74, 6) is -0.709. The number of benzene rings is 2. The largest absolute Gasteiger partial charge is 0.418 e. The second-order valence-corrected chi connectivity index (χ2v) is 7.42. The molecule has 4 rings (SSSR count).